The van der Waals surface area contributed by atoms with Crippen LogP contribution >= 0.6 is 0 Å². The number of anilines is 1. The number of hydrogen-bond donors (Lipinski definition) is 4. The van der Waals surface area contributed by atoms with Gasteiger partial charge in [0.05, 0.1) is 26.0 Å². The highest BCUT2D eigenvalue weighted by Crippen LogP contribution is 2.21. The van der Waals surface area contributed by atoms with Crippen molar-refractivity contribution in [2.75, 3.05) is 19.0 Å². The number of carbonyl (C=O) groups is 2. The van der Waals surface area contributed by atoms with Crippen molar-refractivity contribution in [3.8, 4) is 5.75 Å². The summed E-state index contributed by atoms with van der Waals surface area (Å²) < 4.78 is 6.76. The van der Waals surface area contributed by atoms with E-state index in [2.05, 4.69) is 64.3 Å². The smallest absolute Gasteiger partial charge is 0.274 e. The van der Waals surface area contributed by atoms with E-state index in [0.29, 0.717) is 35.5 Å². The van der Waals surface area contributed by atoms with Crippen molar-refractivity contribution >= 4 is 23.1 Å². The molecule has 10 heteroatoms. The van der Waals surface area contributed by atoms with E-state index in [1.807, 2.05) is 46.8 Å². The molecule has 1 aromatic carbocycles. The van der Waals surface area contributed by atoms with E-state index in [-0.39, 0.29) is 24.0 Å². The van der Waals surface area contributed by atoms with Crippen LogP contribution in [-0.2, 0) is 6.42 Å². The molecule has 2 heterocycles. The minimum absolute atomic E-state index is 0.00866. The maximum atomic E-state index is 14.0. The number of aromatic nitrogens is 3. The summed E-state index contributed by atoms with van der Waals surface area (Å²) in [6, 6.07) is 8.07. The molecule has 10 nitrogen and oxygen atoms in total. The van der Waals surface area contributed by atoms with Crippen LogP contribution in [-0.4, -0.2) is 51.3 Å². The lowest BCUT2D eigenvalue weighted by Gasteiger charge is -2.20. The van der Waals surface area contributed by atoms with Crippen LogP contribution in [0, 0.1) is 0 Å². The second-order valence-electron chi connectivity index (χ2n) is 11.8. The first-order valence-electron chi connectivity index (χ1n) is 17.6. The molecular formula is C41H56N6O4. The van der Waals surface area contributed by atoms with E-state index in [4.69, 9.17) is 4.74 Å². The van der Waals surface area contributed by atoms with Gasteiger partial charge < -0.3 is 25.8 Å². The molecule has 51 heavy (non-hydrogen) atoms. The Morgan fingerprint density at radius 2 is 1.86 bits per heavy atom. The number of rotatable bonds is 19. The van der Waals surface area contributed by atoms with E-state index in [9.17, 15) is 14.7 Å². The molecule has 2 amide bonds. The minimum Gasteiger partial charge on any atom is -0.497 e. The van der Waals surface area contributed by atoms with Crippen LogP contribution in [0.1, 0.15) is 100 Å². The van der Waals surface area contributed by atoms with Gasteiger partial charge in [0.2, 0.25) is 0 Å². The number of hydrogen-bond acceptors (Lipinski definition) is 7. The molecule has 0 saturated carbocycles. The number of methoxy groups -OCH3 is 1. The molecule has 2 aromatic heterocycles. The predicted octanol–water partition coefficient (Wildman–Crippen LogP) is 8.26. The third kappa shape index (κ3) is 13.5. The zero-order valence-electron chi connectivity index (χ0n) is 31.4. The second-order valence-corrected chi connectivity index (χ2v) is 11.8. The summed E-state index contributed by atoms with van der Waals surface area (Å²) in [6.45, 7) is 20.3. The molecule has 0 aliphatic carbocycles. The quantitative estimate of drug-likeness (QED) is 0.0734. The largest absolute Gasteiger partial charge is 0.497 e. The first kappa shape index (κ1) is 41.9. The first-order valence-corrected chi connectivity index (χ1v) is 17.6. The van der Waals surface area contributed by atoms with Crippen molar-refractivity contribution in [3.63, 3.8) is 0 Å². The third-order valence-corrected chi connectivity index (χ3v) is 7.72. The summed E-state index contributed by atoms with van der Waals surface area (Å²) in [7, 11) is 1.55. The molecule has 0 fully saturated rings. The molecule has 3 aromatic rings. The van der Waals surface area contributed by atoms with Crippen molar-refractivity contribution < 1.29 is 19.4 Å². The van der Waals surface area contributed by atoms with Gasteiger partial charge in [0.25, 0.3) is 11.8 Å². The molecule has 0 spiro atoms. The van der Waals surface area contributed by atoms with Gasteiger partial charge >= 0.3 is 0 Å². The molecule has 0 bridgehead atoms. The van der Waals surface area contributed by atoms with Crippen LogP contribution < -0.4 is 20.7 Å². The number of aliphatic hydroxyl groups excluding tert-OH is 1. The van der Waals surface area contributed by atoms with Gasteiger partial charge in [-0.2, -0.15) is 5.10 Å². The van der Waals surface area contributed by atoms with Gasteiger partial charge in [0, 0.05) is 41.2 Å². The van der Waals surface area contributed by atoms with E-state index < -0.39 is 11.8 Å². The summed E-state index contributed by atoms with van der Waals surface area (Å²) in [5.41, 5.74) is 5.29. The highest BCUT2D eigenvalue weighted by atomic mass is 16.5. The summed E-state index contributed by atoms with van der Waals surface area (Å²) in [5.74, 6) is -0.328. The Bertz CT molecular complexity index is 1750. The molecule has 0 aliphatic rings. The number of allylic oxidation sites excluding steroid dienone is 7. The zero-order chi connectivity index (χ0) is 37.8. The predicted molar refractivity (Wildman–Crippen MR) is 209 cm³/mol. The number of amides is 2. The van der Waals surface area contributed by atoms with E-state index in [1.54, 1.807) is 43.6 Å². The fourth-order valence-electron chi connectivity index (χ4n) is 5.17. The fourth-order valence-corrected chi connectivity index (χ4v) is 5.17. The Labute approximate surface area is 303 Å². The molecule has 1 atom stereocenters. The number of nitrogens with one attached hydrogen (secondary N) is 3. The van der Waals surface area contributed by atoms with Gasteiger partial charge in [-0.15, -0.1) is 0 Å². The molecule has 0 aliphatic heterocycles. The monoisotopic (exact) mass is 696 g/mol. The maximum absolute atomic E-state index is 14.0. The Hall–Kier alpha value is -5.22. The number of aliphatic hydroxyl groups is 1. The first-order chi connectivity index (χ1) is 24.6. The highest BCUT2D eigenvalue weighted by molar-refractivity contribution is 6.05. The zero-order valence-corrected chi connectivity index (χ0v) is 31.4. The van der Waals surface area contributed by atoms with Crippen LogP contribution in [0.15, 0.2) is 109 Å². The van der Waals surface area contributed by atoms with Crippen molar-refractivity contribution in [2.45, 2.75) is 86.1 Å². The molecular weight excluding hydrogens is 640 g/mol. The lowest BCUT2D eigenvalue weighted by molar-refractivity contribution is 0.0933. The molecule has 274 valence electrons. The van der Waals surface area contributed by atoms with E-state index >= 15 is 0 Å². The van der Waals surface area contributed by atoms with Gasteiger partial charge in [-0.05, 0) is 70.6 Å². The van der Waals surface area contributed by atoms with Gasteiger partial charge in [-0.25, -0.2) is 9.50 Å². The Balaban J connectivity index is 0.00000442. The Morgan fingerprint density at radius 1 is 1.10 bits per heavy atom. The molecule has 1 unspecified atom stereocenters. The SMILES string of the molecule is C=C(Cc1cnn2c(C(=O)NC(CCC/C(C)=C/CO)C(=C)/C=C\C)cc(C(=O)Nc3cccc(OC)c3)nc12)N/C(C)=C/C/C=C\CC.CC. The normalized spacial score (nSPS) is 12.4. The van der Waals surface area contributed by atoms with Crippen molar-refractivity contribution in [2.24, 2.45) is 0 Å². The lowest BCUT2D eigenvalue weighted by atomic mass is 9.99. The average molecular weight is 697 g/mol. The Morgan fingerprint density at radius 3 is 2.55 bits per heavy atom. The van der Waals surface area contributed by atoms with E-state index in [0.717, 1.165) is 48.2 Å². The lowest BCUT2D eigenvalue weighted by Crippen LogP contribution is -2.37. The fraction of sp³-hybridized carbons (Fsp3) is 0.366. The Kier molecular flexibility index (Phi) is 18.5. The summed E-state index contributed by atoms with van der Waals surface area (Å²) in [4.78, 5) is 32.3. The third-order valence-electron chi connectivity index (χ3n) is 7.72. The minimum atomic E-state index is -0.492. The summed E-state index contributed by atoms with van der Waals surface area (Å²) in [5, 5.41) is 23.1. The van der Waals surface area contributed by atoms with Crippen molar-refractivity contribution in [1.82, 2.24) is 25.2 Å². The molecule has 3 rings (SSSR count). The van der Waals surface area contributed by atoms with Crippen LogP contribution in [0.25, 0.3) is 5.65 Å². The van der Waals surface area contributed by atoms with E-state index in [1.165, 1.54) is 10.6 Å². The van der Waals surface area contributed by atoms with Gasteiger partial charge in [0.15, 0.2) is 5.65 Å². The number of ether oxygens (including phenoxy) is 1. The summed E-state index contributed by atoms with van der Waals surface area (Å²) >= 11 is 0. The van der Waals surface area contributed by atoms with Crippen LogP contribution in [0.3, 0.4) is 0 Å². The van der Waals surface area contributed by atoms with Crippen LogP contribution in [0.5, 0.6) is 5.75 Å². The standard InChI is InChI=1S/C39H50N6O4.C2H6/c1-8-10-11-12-17-29(5)41-30(6)23-31-26-40-45-36(39(48)44-34(28(4)15-9-2)20-13-16-27(3)21-22-46)25-35(43-37(31)45)38(47)42-32-18-14-19-33(24-32)49-7;1-2/h9-11,14-15,17-19,21,24-26,34,41,46H,4,6,8,12-13,16,20,22-23H2,1-3,5,7H3,(H,42,47)(H,44,48);1-2H3/b11-10-,15-9-,27-21+,29-17+;. The number of nitrogens with zero attached hydrogens (tertiary/aromatic N) is 3. The molecule has 4 N–H and O–H groups in total. The van der Waals surface area contributed by atoms with Crippen LogP contribution in [0.2, 0.25) is 0 Å². The van der Waals surface area contributed by atoms with Gasteiger partial charge in [-0.1, -0.05) is 82.0 Å². The number of benzene rings is 1. The maximum Gasteiger partial charge on any atom is 0.274 e. The van der Waals surface area contributed by atoms with Crippen molar-refractivity contribution in [3.05, 3.63) is 126 Å². The molecule has 0 radical (unpaired) electrons. The number of fused-ring (bicyclic) bond motifs is 1. The highest BCUT2D eigenvalue weighted by Gasteiger charge is 2.23. The van der Waals surface area contributed by atoms with Crippen LogP contribution in [0.4, 0.5) is 5.69 Å². The second kappa shape index (κ2) is 22.5. The topological polar surface area (TPSA) is 130 Å². The van der Waals surface area contributed by atoms with Gasteiger partial charge in [-0.3, -0.25) is 9.59 Å². The summed E-state index contributed by atoms with van der Waals surface area (Å²) in [6.07, 6.45) is 17.8. The van der Waals surface area contributed by atoms with Crippen molar-refractivity contribution in [1.29, 1.82) is 0 Å². The number of carbonyl (C=O) groups excluding carboxylic acids is 2. The van der Waals surface area contributed by atoms with Gasteiger partial charge in [0.1, 0.15) is 17.1 Å². The average Bonchev–Trinajstić information content (AvgIpc) is 3.52. The molecule has 0 saturated heterocycles.